The summed E-state index contributed by atoms with van der Waals surface area (Å²) in [4.78, 5) is 4.27. The Morgan fingerprint density at radius 1 is 0.667 bits per heavy atom. The van der Waals surface area contributed by atoms with Gasteiger partial charge < -0.3 is 0 Å². The molecule has 0 aliphatic heterocycles. The van der Waals surface area contributed by atoms with E-state index in [1.54, 1.807) is 31.4 Å². The molecular weight excluding hydrogens is 408 g/mol. The summed E-state index contributed by atoms with van der Waals surface area (Å²) in [7, 11) is 1.65. The molecule has 0 atom stereocenters. The molecule has 0 saturated heterocycles. The van der Waals surface area contributed by atoms with Gasteiger partial charge in [-0.05, 0) is 47.5 Å². The van der Waals surface area contributed by atoms with Crippen molar-refractivity contribution in [2.75, 3.05) is 0 Å². The van der Waals surface area contributed by atoms with Crippen molar-refractivity contribution in [1.29, 1.82) is 0 Å². The Bertz CT molecular complexity index is 1060. The quantitative estimate of drug-likeness (QED) is 0.468. The maximum atomic E-state index is 12.6. The molecule has 1 heterocycles. The molecule has 0 spiro atoms. The van der Waals surface area contributed by atoms with Crippen LogP contribution in [-0.2, 0) is 19.4 Å². The maximum Gasteiger partial charge on any atom is 0.416 e. The summed E-state index contributed by atoms with van der Waals surface area (Å²) in [5.74, 6) is 0.798. The van der Waals surface area contributed by atoms with Crippen LogP contribution in [-0.4, -0.2) is 14.8 Å². The number of hydrogen-bond donors (Lipinski definition) is 0. The van der Waals surface area contributed by atoms with E-state index in [0.717, 1.165) is 24.3 Å². The number of aromatic nitrogens is 3. The molecule has 2 aromatic carbocycles. The van der Waals surface area contributed by atoms with Crippen molar-refractivity contribution >= 4 is 24.3 Å². The van der Waals surface area contributed by atoms with E-state index in [2.05, 4.69) is 10.1 Å². The molecule has 0 bridgehead atoms. The van der Waals surface area contributed by atoms with E-state index >= 15 is 0 Å². The lowest BCUT2D eigenvalue weighted by molar-refractivity contribution is -0.138. The number of hydrogen-bond acceptors (Lipinski definition) is 2. The first-order chi connectivity index (χ1) is 14.0. The molecule has 30 heavy (non-hydrogen) atoms. The van der Waals surface area contributed by atoms with Gasteiger partial charge in [-0.15, -0.1) is 0 Å². The second-order valence-corrected chi connectivity index (χ2v) is 6.36. The van der Waals surface area contributed by atoms with Gasteiger partial charge in [-0.1, -0.05) is 36.4 Å². The minimum absolute atomic E-state index is 0.337. The molecular formula is C21H15F6N3. The van der Waals surface area contributed by atoms with Crippen LogP contribution in [0.2, 0.25) is 0 Å². The van der Waals surface area contributed by atoms with Crippen LogP contribution in [0.4, 0.5) is 26.3 Å². The van der Waals surface area contributed by atoms with Gasteiger partial charge in [0.25, 0.3) is 0 Å². The Balaban J connectivity index is 1.70. The van der Waals surface area contributed by atoms with Gasteiger partial charge in [0.05, 0.1) is 11.1 Å². The Morgan fingerprint density at radius 3 is 1.53 bits per heavy atom. The Morgan fingerprint density at radius 2 is 1.10 bits per heavy atom. The minimum atomic E-state index is -4.39. The van der Waals surface area contributed by atoms with Crippen LogP contribution >= 0.6 is 0 Å². The van der Waals surface area contributed by atoms with Crippen LogP contribution < -0.4 is 0 Å². The lowest BCUT2D eigenvalue weighted by Crippen LogP contribution is -2.03. The minimum Gasteiger partial charge on any atom is -0.249 e. The van der Waals surface area contributed by atoms with E-state index < -0.39 is 23.5 Å². The summed E-state index contributed by atoms with van der Waals surface area (Å²) < 4.78 is 77.0. The van der Waals surface area contributed by atoms with Crippen LogP contribution in [0.25, 0.3) is 24.3 Å². The number of halogens is 6. The van der Waals surface area contributed by atoms with Crippen molar-refractivity contribution in [3.05, 3.63) is 82.4 Å². The normalized spacial score (nSPS) is 12.9. The SMILES string of the molecule is Cn1nc(/C=C/c2ccc(C(F)(F)F)cc2)nc1/C=C/c1ccc(C(F)(F)F)cc1. The van der Waals surface area contributed by atoms with Crippen LogP contribution in [0.15, 0.2) is 48.5 Å². The lowest BCUT2D eigenvalue weighted by atomic mass is 10.1. The average molecular weight is 423 g/mol. The predicted molar refractivity (Wildman–Crippen MR) is 102 cm³/mol. The predicted octanol–water partition coefficient (Wildman–Crippen LogP) is 6.19. The van der Waals surface area contributed by atoms with Crippen molar-refractivity contribution in [2.45, 2.75) is 12.4 Å². The number of nitrogens with zero attached hydrogens (tertiary/aromatic N) is 3. The number of aryl methyl sites for hydroxylation is 1. The average Bonchev–Trinajstić information content (AvgIpc) is 3.03. The van der Waals surface area contributed by atoms with E-state index in [-0.39, 0.29) is 0 Å². The summed E-state index contributed by atoms with van der Waals surface area (Å²) in [6, 6.07) is 9.35. The Labute approximate surface area is 168 Å². The van der Waals surface area contributed by atoms with Crippen molar-refractivity contribution in [3.63, 3.8) is 0 Å². The van der Waals surface area contributed by atoms with Gasteiger partial charge in [0, 0.05) is 7.05 Å². The van der Waals surface area contributed by atoms with Crippen LogP contribution in [0.5, 0.6) is 0 Å². The van der Waals surface area contributed by atoms with Gasteiger partial charge in [0.2, 0.25) is 0 Å². The zero-order chi connectivity index (χ0) is 21.9. The highest BCUT2D eigenvalue weighted by molar-refractivity contribution is 5.69. The molecule has 156 valence electrons. The third kappa shape index (κ3) is 5.37. The van der Waals surface area contributed by atoms with Crippen molar-refractivity contribution in [1.82, 2.24) is 14.8 Å². The van der Waals surface area contributed by atoms with Crippen molar-refractivity contribution in [3.8, 4) is 0 Å². The lowest BCUT2D eigenvalue weighted by Gasteiger charge is -2.05. The monoisotopic (exact) mass is 423 g/mol. The molecule has 1 aromatic heterocycles. The first-order valence-corrected chi connectivity index (χ1v) is 8.64. The van der Waals surface area contributed by atoms with Gasteiger partial charge in [-0.2, -0.15) is 31.4 Å². The third-order valence-corrected chi connectivity index (χ3v) is 4.14. The fourth-order valence-electron chi connectivity index (χ4n) is 2.54. The van der Waals surface area contributed by atoms with Crippen LogP contribution in [0.3, 0.4) is 0 Å². The smallest absolute Gasteiger partial charge is 0.249 e. The summed E-state index contributed by atoms with van der Waals surface area (Å²) in [5, 5.41) is 4.18. The Hall–Kier alpha value is -3.36. The first-order valence-electron chi connectivity index (χ1n) is 8.64. The standard InChI is InChI=1S/C21H15F6N3/c1-30-19(13-7-15-4-10-17(11-5-15)21(25,26)27)28-18(29-30)12-6-14-2-8-16(9-3-14)20(22,23)24/h2-13H,1H3/b12-6+,13-7+. The summed E-state index contributed by atoms with van der Waals surface area (Å²) in [6.07, 6.45) is -2.44. The second kappa shape index (κ2) is 8.17. The molecule has 0 saturated carbocycles. The topological polar surface area (TPSA) is 30.7 Å². The summed E-state index contributed by atoms with van der Waals surface area (Å²) in [6.45, 7) is 0. The van der Waals surface area contributed by atoms with Crippen molar-refractivity contribution < 1.29 is 26.3 Å². The van der Waals surface area contributed by atoms with E-state index in [4.69, 9.17) is 0 Å². The van der Waals surface area contributed by atoms with E-state index in [0.29, 0.717) is 22.8 Å². The molecule has 0 aliphatic carbocycles. The molecule has 3 aromatic rings. The molecule has 0 radical (unpaired) electrons. The van der Waals surface area contributed by atoms with Crippen molar-refractivity contribution in [2.24, 2.45) is 7.05 Å². The Kier molecular flexibility index (Phi) is 5.82. The molecule has 0 N–H and O–H groups in total. The summed E-state index contributed by atoms with van der Waals surface area (Å²) >= 11 is 0. The van der Waals surface area contributed by atoms with Crippen LogP contribution in [0, 0.1) is 0 Å². The molecule has 0 fully saturated rings. The zero-order valence-corrected chi connectivity index (χ0v) is 15.5. The zero-order valence-electron chi connectivity index (χ0n) is 15.5. The second-order valence-electron chi connectivity index (χ2n) is 6.36. The summed E-state index contributed by atoms with van der Waals surface area (Å²) in [5.41, 5.74) is -0.342. The van der Waals surface area contributed by atoms with Gasteiger partial charge in [0.15, 0.2) is 11.6 Å². The number of benzene rings is 2. The van der Waals surface area contributed by atoms with Crippen LogP contribution in [0.1, 0.15) is 33.9 Å². The third-order valence-electron chi connectivity index (χ3n) is 4.14. The maximum absolute atomic E-state index is 12.6. The van der Waals surface area contributed by atoms with Gasteiger partial charge in [-0.3, -0.25) is 0 Å². The highest BCUT2D eigenvalue weighted by Crippen LogP contribution is 2.30. The molecule has 0 amide bonds. The van der Waals surface area contributed by atoms with Gasteiger partial charge in [-0.25, -0.2) is 9.67 Å². The molecule has 3 nitrogen and oxygen atoms in total. The van der Waals surface area contributed by atoms with E-state index in [1.807, 2.05) is 0 Å². The first kappa shape index (κ1) is 21.4. The highest BCUT2D eigenvalue weighted by atomic mass is 19.4. The number of alkyl halides is 6. The highest BCUT2D eigenvalue weighted by Gasteiger charge is 2.30. The molecule has 3 rings (SSSR count). The largest absolute Gasteiger partial charge is 0.416 e. The van der Waals surface area contributed by atoms with Gasteiger partial charge in [0.1, 0.15) is 0 Å². The molecule has 0 aliphatic rings. The van der Waals surface area contributed by atoms with E-state index in [1.165, 1.54) is 28.9 Å². The van der Waals surface area contributed by atoms with Gasteiger partial charge >= 0.3 is 12.4 Å². The van der Waals surface area contributed by atoms with E-state index in [9.17, 15) is 26.3 Å². The number of rotatable bonds is 4. The fourth-order valence-corrected chi connectivity index (χ4v) is 2.54. The molecule has 0 unspecified atom stereocenters. The molecule has 9 heteroatoms. The fraction of sp³-hybridized carbons (Fsp3) is 0.143.